The van der Waals surface area contributed by atoms with Crippen molar-refractivity contribution >= 4 is 23.1 Å². The van der Waals surface area contributed by atoms with Crippen LogP contribution < -0.4 is 0 Å². The molecule has 0 bridgehead atoms. The number of ether oxygens (including phenoxy) is 2. The first-order chi connectivity index (χ1) is 13.0. The molecule has 1 saturated heterocycles. The fraction of sp³-hybridized carbons (Fsp3) is 0.700. The fourth-order valence-corrected chi connectivity index (χ4v) is 4.75. The lowest BCUT2D eigenvalue weighted by atomic mass is 9.91. The van der Waals surface area contributed by atoms with E-state index in [1.54, 1.807) is 0 Å². The molecule has 1 aromatic heterocycles. The number of hydrogen-bond acceptors (Lipinski definition) is 7. The zero-order valence-electron chi connectivity index (χ0n) is 15.9. The van der Waals surface area contributed by atoms with Gasteiger partial charge in [0.25, 0.3) is 0 Å². The number of aliphatic hydroxyl groups is 1. The largest absolute Gasteiger partial charge is 0.460 e. The molecule has 2 unspecified atom stereocenters. The number of esters is 1. The molecule has 1 aromatic rings. The maximum Gasteiger partial charge on any atom is 0.348 e. The van der Waals surface area contributed by atoms with Gasteiger partial charge in [-0.1, -0.05) is 6.92 Å². The van der Waals surface area contributed by atoms with Gasteiger partial charge in [0.05, 0.1) is 19.3 Å². The quantitative estimate of drug-likeness (QED) is 0.680. The Morgan fingerprint density at radius 3 is 2.85 bits per heavy atom. The number of Topliss-reactive ketones (excluding diaryl/α,β-unsaturated/α-hetero) is 1. The molecule has 2 fully saturated rings. The van der Waals surface area contributed by atoms with Gasteiger partial charge in [-0.3, -0.25) is 9.69 Å². The SMILES string of the molecule is CC1C(O)CC(=O)[C@@H]1CCCc1ccc(C(=O)OCCN2CCOCC2)s1. The summed E-state index contributed by atoms with van der Waals surface area (Å²) in [5.41, 5.74) is 0. The topological polar surface area (TPSA) is 76.1 Å². The summed E-state index contributed by atoms with van der Waals surface area (Å²) < 4.78 is 10.7. The first-order valence-corrected chi connectivity index (χ1v) is 10.6. The second kappa shape index (κ2) is 9.78. The molecule has 1 saturated carbocycles. The zero-order valence-corrected chi connectivity index (χ0v) is 16.7. The Kier molecular flexibility index (Phi) is 7.41. The van der Waals surface area contributed by atoms with E-state index >= 15 is 0 Å². The Morgan fingerprint density at radius 2 is 2.15 bits per heavy atom. The van der Waals surface area contributed by atoms with E-state index in [-0.39, 0.29) is 23.6 Å². The maximum atomic E-state index is 12.2. The highest BCUT2D eigenvalue weighted by Crippen LogP contribution is 2.32. The lowest BCUT2D eigenvalue weighted by Gasteiger charge is -2.26. The summed E-state index contributed by atoms with van der Waals surface area (Å²) in [6.45, 7) is 6.36. The van der Waals surface area contributed by atoms with Crippen molar-refractivity contribution in [1.82, 2.24) is 4.90 Å². The molecular formula is C20H29NO5S. The van der Waals surface area contributed by atoms with E-state index in [1.165, 1.54) is 11.3 Å². The summed E-state index contributed by atoms with van der Waals surface area (Å²) in [5.74, 6) is -0.0460. The monoisotopic (exact) mass is 395 g/mol. The van der Waals surface area contributed by atoms with E-state index in [0.717, 1.165) is 57.0 Å². The van der Waals surface area contributed by atoms with Crippen LogP contribution in [0.4, 0.5) is 0 Å². The number of rotatable bonds is 8. The summed E-state index contributed by atoms with van der Waals surface area (Å²) in [6, 6.07) is 3.79. The highest BCUT2D eigenvalue weighted by molar-refractivity contribution is 7.13. The predicted molar refractivity (Wildman–Crippen MR) is 103 cm³/mol. The van der Waals surface area contributed by atoms with E-state index in [1.807, 2.05) is 19.1 Å². The molecule has 0 aromatic carbocycles. The van der Waals surface area contributed by atoms with Gasteiger partial charge in [0.2, 0.25) is 0 Å². The van der Waals surface area contributed by atoms with E-state index in [0.29, 0.717) is 17.9 Å². The first kappa shape index (κ1) is 20.5. The molecule has 3 rings (SSSR count). The summed E-state index contributed by atoms with van der Waals surface area (Å²) >= 11 is 1.47. The third-order valence-corrected chi connectivity index (χ3v) is 6.74. The molecule has 27 heavy (non-hydrogen) atoms. The van der Waals surface area contributed by atoms with Crippen LogP contribution in [0.2, 0.25) is 0 Å². The molecular weight excluding hydrogens is 366 g/mol. The molecule has 1 aliphatic carbocycles. The molecule has 6 nitrogen and oxygen atoms in total. The van der Waals surface area contributed by atoms with Gasteiger partial charge in [0, 0.05) is 36.9 Å². The van der Waals surface area contributed by atoms with Gasteiger partial charge >= 0.3 is 5.97 Å². The zero-order chi connectivity index (χ0) is 19.2. The minimum absolute atomic E-state index is 0.0235. The van der Waals surface area contributed by atoms with Crippen LogP contribution in [0.25, 0.3) is 0 Å². The van der Waals surface area contributed by atoms with Gasteiger partial charge in [0.15, 0.2) is 0 Å². The highest BCUT2D eigenvalue weighted by Gasteiger charge is 2.37. The second-order valence-electron chi connectivity index (χ2n) is 7.45. The van der Waals surface area contributed by atoms with Crippen LogP contribution in [0.5, 0.6) is 0 Å². The van der Waals surface area contributed by atoms with E-state index in [2.05, 4.69) is 4.90 Å². The van der Waals surface area contributed by atoms with Crippen molar-refractivity contribution in [3.63, 3.8) is 0 Å². The van der Waals surface area contributed by atoms with Crippen molar-refractivity contribution in [2.24, 2.45) is 11.8 Å². The molecule has 0 spiro atoms. The van der Waals surface area contributed by atoms with Crippen molar-refractivity contribution in [3.8, 4) is 0 Å². The molecule has 2 heterocycles. The standard InChI is InChI=1S/C20H29NO5S/c1-14-16(18(23)13-17(14)22)4-2-3-15-5-6-19(27-15)20(24)26-12-9-21-7-10-25-11-8-21/h5-6,14,16-17,22H,2-4,7-13H2,1H3/t14?,16-,17?/m1/s1. The molecule has 0 radical (unpaired) electrons. The van der Waals surface area contributed by atoms with Crippen LogP contribution in [0, 0.1) is 11.8 Å². The van der Waals surface area contributed by atoms with Crippen molar-refractivity contribution in [3.05, 3.63) is 21.9 Å². The minimum Gasteiger partial charge on any atom is -0.460 e. The van der Waals surface area contributed by atoms with E-state index < -0.39 is 6.10 Å². The smallest absolute Gasteiger partial charge is 0.348 e. The van der Waals surface area contributed by atoms with Crippen LogP contribution in [-0.4, -0.2) is 67.3 Å². The predicted octanol–water partition coefficient (Wildman–Crippen LogP) is 2.15. The van der Waals surface area contributed by atoms with Gasteiger partial charge in [-0.25, -0.2) is 4.79 Å². The Labute approximate surface area is 164 Å². The Hall–Kier alpha value is -1.28. The van der Waals surface area contributed by atoms with Crippen LogP contribution in [0.15, 0.2) is 12.1 Å². The first-order valence-electron chi connectivity index (χ1n) is 9.81. The van der Waals surface area contributed by atoms with Crippen LogP contribution in [0.1, 0.15) is 40.7 Å². The van der Waals surface area contributed by atoms with Gasteiger partial charge in [-0.05, 0) is 37.3 Å². The number of thiophene rings is 1. The van der Waals surface area contributed by atoms with Gasteiger partial charge < -0.3 is 14.6 Å². The highest BCUT2D eigenvalue weighted by atomic mass is 32.1. The summed E-state index contributed by atoms with van der Waals surface area (Å²) in [7, 11) is 0. The number of morpholine rings is 1. The van der Waals surface area contributed by atoms with Crippen LogP contribution >= 0.6 is 11.3 Å². The summed E-state index contributed by atoms with van der Waals surface area (Å²) in [4.78, 5) is 28.1. The minimum atomic E-state index is -0.483. The number of carbonyl (C=O) groups excluding carboxylic acids is 2. The molecule has 1 N–H and O–H groups in total. The number of ketones is 1. The third-order valence-electron chi connectivity index (χ3n) is 5.61. The van der Waals surface area contributed by atoms with Crippen LogP contribution in [-0.2, 0) is 20.7 Å². The molecule has 2 aliphatic rings. The van der Waals surface area contributed by atoms with Gasteiger partial charge in [-0.15, -0.1) is 11.3 Å². The lowest BCUT2D eigenvalue weighted by Crippen LogP contribution is -2.38. The van der Waals surface area contributed by atoms with Gasteiger partial charge in [0.1, 0.15) is 17.3 Å². The Bertz CT molecular complexity index is 640. The third kappa shape index (κ3) is 5.60. The lowest BCUT2D eigenvalue weighted by molar-refractivity contribution is -0.121. The summed E-state index contributed by atoms with van der Waals surface area (Å²) in [5, 5.41) is 9.79. The molecule has 1 aliphatic heterocycles. The van der Waals surface area contributed by atoms with Crippen molar-refractivity contribution < 1.29 is 24.2 Å². The molecule has 3 atom stereocenters. The Balaban J connectivity index is 1.37. The fourth-order valence-electron chi connectivity index (χ4n) is 3.81. The number of carbonyl (C=O) groups is 2. The number of hydrogen-bond donors (Lipinski definition) is 1. The van der Waals surface area contributed by atoms with E-state index in [4.69, 9.17) is 9.47 Å². The van der Waals surface area contributed by atoms with Crippen molar-refractivity contribution in [2.45, 2.75) is 38.7 Å². The number of aryl methyl sites for hydroxylation is 1. The van der Waals surface area contributed by atoms with Gasteiger partial charge in [-0.2, -0.15) is 0 Å². The number of nitrogens with zero attached hydrogens (tertiary/aromatic N) is 1. The molecule has 150 valence electrons. The van der Waals surface area contributed by atoms with Crippen LogP contribution in [0.3, 0.4) is 0 Å². The number of aliphatic hydroxyl groups excluding tert-OH is 1. The molecule has 7 heteroatoms. The van der Waals surface area contributed by atoms with E-state index in [9.17, 15) is 14.7 Å². The maximum absolute atomic E-state index is 12.2. The normalized spacial score (nSPS) is 26.4. The second-order valence-corrected chi connectivity index (χ2v) is 8.62. The average molecular weight is 396 g/mol. The van der Waals surface area contributed by atoms with Crippen molar-refractivity contribution in [1.29, 1.82) is 0 Å². The summed E-state index contributed by atoms with van der Waals surface area (Å²) in [6.07, 6.45) is 2.35. The Morgan fingerprint density at radius 1 is 1.37 bits per heavy atom. The van der Waals surface area contributed by atoms with Crippen molar-refractivity contribution in [2.75, 3.05) is 39.5 Å². The molecule has 0 amide bonds. The average Bonchev–Trinajstić information content (AvgIpc) is 3.23.